The van der Waals surface area contributed by atoms with Crippen LogP contribution in [0.15, 0.2) is 42.5 Å². The quantitative estimate of drug-likeness (QED) is 0.586. The average molecular weight is 304 g/mol. The third-order valence-corrected chi connectivity index (χ3v) is 3.25. The highest BCUT2D eigenvalue weighted by molar-refractivity contribution is 6.36. The second-order valence-corrected chi connectivity index (χ2v) is 4.89. The van der Waals surface area contributed by atoms with Gasteiger partial charge in [0.1, 0.15) is 5.75 Å². The van der Waals surface area contributed by atoms with E-state index in [1.165, 1.54) is 7.11 Å². The van der Waals surface area contributed by atoms with Gasteiger partial charge in [0.2, 0.25) is 0 Å². The maximum absolute atomic E-state index is 9.32. The molecule has 20 heavy (non-hydrogen) atoms. The fourth-order valence-electron chi connectivity index (χ4n) is 1.86. The molecule has 0 heterocycles. The van der Waals surface area contributed by atoms with Crippen molar-refractivity contribution in [3.05, 3.63) is 63.6 Å². The molecule has 0 saturated heterocycles. The SMILES string of the molecule is COc1c(Cl)cc(Cl)cc1/C=C(\C#N)c1ccccc1. The van der Waals surface area contributed by atoms with Crippen molar-refractivity contribution in [1.29, 1.82) is 5.26 Å². The van der Waals surface area contributed by atoms with Crippen LogP contribution < -0.4 is 4.74 Å². The van der Waals surface area contributed by atoms with Gasteiger partial charge in [0.15, 0.2) is 0 Å². The van der Waals surface area contributed by atoms with E-state index in [-0.39, 0.29) is 0 Å². The van der Waals surface area contributed by atoms with Crippen molar-refractivity contribution in [3.8, 4) is 11.8 Å². The molecule has 2 rings (SSSR count). The highest BCUT2D eigenvalue weighted by atomic mass is 35.5. The number of nitriles is 1. The highest BCUT2D eigenvalue weighted by Crippen LogP contribution is 2.34. The largest absolute Gasteiger partial charge is 0.495 e. The molecule has 0 spiro atoms. The molecule has 0 aliphatic carbocycles. The van der Waals surface area contributed by atoms with E-state index in [2.05, 4.69) is 6.07 Å². The van der Waals surface area contributed by atoms with Gasteiger partial charge in [-0.1, -0.05) is 53.5 Å². The van der Waals surface area contributed by atoms with E-state index >= 15 is 0 Å². The lowest BCUT2D eigenvalue weighted by molar-refractivity contribution is 0.414. The van der Waals surface area contributed by atoms with Crippen LogP contribution in [0.5, 0.6) is 5.75 Å². The van der Waals surface area contributed by atoms with Crippen molar-refractivity contribution < 1.29 is 4.74 Å². The minimum Gasteiger partial charge on any atom is -0.495 e. The number of ether oxygens (including phenoxy) is 1. The van der Waals surface area contributed by atoms with Crippen molar-refractivity contribution in [2.45, 2.75) is 0 Å². The van der Waals surface area contributed by atoms with Gasteiger partial charge in [-0.2, -0.15) is 5.26 Å². The number of hydrogen-bond donors (Lipinski definition) is 0. The summed E-state index contributed by atoms with van der Waals surface area (Å²) in [5.74, 6) is 0.500. The zero-order valence-corrected chi connectivity index (χ0v) is 12.2. The first-order valence-electron chi connectivity index (χ1n) is 5.86. The van der Waals surface area contributed by atoms with Crippen molar-refractivity contribution in [2.75, 3.05) is 7.11 Å². The Morgan fingerprint density at radius 3 is 2.50 bits per heavy atom. The van der Waals surface area contributed by atoms with Gasteiger partial charge in [-0.25, -0.2) is 0 Å². The molecule has 0 N–H and O–H groups in total. The van der Waals surface area contributed by atoms with E-state index in [9.17, 15) is 5.26 Å². The van der Waals surface area contributed by atoms with Crippen LogP contribution in [0.3, 0.4) is 0 Å². The number of nitrogens with zero attached hydrogens (tertiary/aromatic N) is 1. The predicted molar refractivity (Wildman–Crippen MR) is 82.9 cm³/mol. The second-order valence-electron chi connectivity index (χ2n) is 4.05. The summed E-state index contributed by atoms with van der Waals surface area (Å²) < 4.78 is 5.27. The van der Waals surface area contributed by atoms with Crippen molar-refractivity contribution in [3.63, 3.8) is 0 Å². The van der Waals surface area contributed by atoms with Crippen LogP contribution >= 0.6 is 23.2 Å². The summed E-state index contributed by atoms with van der Waals surface area (Å²) in [5.41, 5.74) is 2.01. The number of allylic oxidation sites excluding steroid dienone is 1. The second kappa shape index (κ2) is 6.47. The summed E-state index contributed by atoms with van der Waals surface area (Å²) in [4.78, 5) is 0. The third-order valence-electron chi connectivity index (χ3n) is 2.75. The lowest BCUT2D eigenvalue weighted by Gasteiger charge is -2.08. The number of hydrogen-bond acceptors (Lipinski definition) is 2. The molecule has 2 aromatic carbocycles. The normalized spacial score (nSPS) is 11.0. The molecule has 100 valence electrons. The Hall–Kier alpha value is -1.95. The smallest absolute Gasteiger partial charge is 0.144 e. The maximum Gasteiger partial charge on any atom is 0.144 e. The van der Waals surface area contributed by atoms with Gasteiger partial charge < -0.3 is 4.74 Å². The van der Waals surface area contributed by atoms with E-state index in [4.69, 9.17) is 27.9 Å². The summed E-state index contributed by atoms with van der Waals surface area (Å²) in [6.07, 6.45) is 1.71. The van der Waals surface area contributed by atoms with Crippen LogP contribution in [0.2, 0.25) is 10.0 Å². The Balaban J connectivity index is 2.57. The minimum absolute atomic E-state index is 0.414. The first kappa shape index (κ1) is 14.5. The number of benzene rings is 2. The van der Waals surface area contributed by atoms with E-state index < -0.39 is 0 Å². The molecule has 2 aromatic rings. The standard InChI is InChI=1S/C16H11Cl2NO/c1-20-16-12(8-14(17)9-15(16)18)7-13(10-19)11-5-3-2-4-6-11/h2-9H,1H3/b13-7+. The molecule has 0 amide bonds. The molecule has 0 radical (unpaired) electrons. The molecular formula is C16H11Cl2NO. The van der Waals surface area contributed by atoms with E-state index in [1.807, 2.05) is 30.3 Å². The summed E-state index contributed by atoms with van der Waals surface area (Å²) in [6, 6.07) is 14.9. The summed E-state index contributed by atoms with van der Waals surface area (Å²) in [6.45, 7) is 0. The Bertz CT molecular complexity index is 688. The first-order chi connectivity index (χ1) is 9.65. The van der Waals surface area contributed by atoms with Crippen molar-refractivity contribution in [2.24, 2.45) is 0 Å². The molecule has 0 saturated carbocycles. The zero-order valence-electron chi connectivity index (χ0n) is 10.7. The van der Waals surface area contributed by atoms with Gasteiger partial charge in [0.25, 0.3) is 0 Å². The summed E-state index contributed by atoms with van der Waals surface area (Å²) >= 11 is 12.1. The van der Waals surface area contributed by atoms with Gasteiger partial charge in [-0.15, -0.1) is 0 Å². The summed E-state index contributed by atoms with van der Waals surface area (Å²) in [7, 11) is 1.53. The van der Waals surface area contributed by atoms with Gasteiger partial charge in [0.05, 0.1) is 23.8 Å². The van der Waals surface area contributed by atoms with Gasteiger partial charge in [0, 0.05) is 10.6 Å². The van der Waals surface area contributed by atoms with Crippen molar-refractivity contribution >= 4 is 34.9 Å². The van der Waals surface area contributed by atoms with Crippen LogP contribution in [0, 0.1) is 11.3 Å². The number of rotatable bonds is 3. The number of halogens is 2. The lowest BCUT2D eigenvalue weighted by Crippen LogP contribution is -1.90. The van der Waals surface area contributed by atoms with Crippen LogP contribution in [0.4, 0.5) is 0 Å². The van der Waals surface area contributed by atoms with Gasteiger partial charge in [-0.05, 0) is 23.8 Å². The highest BCUT2D eigenvalue weighted by Gasteiger charge is 2.10. The fourth-order valence-corrected chi connectivity index (χ4v) is 2.44. The van der Waals surface area contributed by atoms with Crippen LogP contribution in [-0.4, -0.2) is 7.11 Å². The topological polar surface area (TPSA) is 33.0 Å². The molecule has 0 bridgehead atoms. The maximum atomic E-state index is 9.32. The van der Waals surface area contributed by atoms with E-state index in [0.717, 1.165) is 5.56 Å². The third kappa shape index (κ3) is 3.14. The fraction of sp³-hybridized carbons (Fsp3) is 0.0625. The molecular weight excluding hydrogens is 293 g/mol. The van der Waals surface area contributed by atoms with Crippen LogP contribution in [0.1, 0.15) is 11.1 Å². The molecule has 4 heteroatoms. The summed E-state index contributed by atoms with van der Waals surface area (Å²) in [5, 5.41) is 10.2. The molecule has 0 aromatic heterocycles. The van der Waals surface area contributed by atoms with E-state index in [0.29, 0.717) is 26.9 Å². The van der Waals surface area contributed by atoms with Gasteiger partial charge in [-0.3, -0.25) is 0 Å². The molecule has 0 aliphatic rings. The van der Waals surface area contributed by atoms with Crippen LogP contribution in [-0.2, 0) is 0 Å². The monoisotopic (exact) mass is 303 g/mol. The van der Waals surface area contributed by atoms with Crippen molar-refractivity contribution in [1.82, 2.24) is 0 Å². The van der Waals surface area contributed by atoms with Crippen LogP contribution in [0.25, 0.3) is 11.6 Å². The Morgan fingerprint density at radius 2 is 1.90 bits per heavy atom. The lowest BCUT2D eigenvalue weighted by atomic mass is 10.0. The zero-order chi connectivity index (χ0) is 14.5. The Kier molecular flexibility index (Phi) is 4.68. The molecule has 2 nitrogen and oxygen atoms in total. The number of methoxy groups -OCH3 is 1. The van der Waals surface area contributed by atoms with Gasteiger partial charge >= 0.3 is 0 Å². The molecule has 0 fully saturated rings. The average Bonchev–Trinajstić information content (AvgIpc) is 2.45. The predicted octanol–water partition coefficient (Wildman–Crippen LogP) is 5.07. The Morgan fingerprint density at radius 1 is 1.20 bits per heavy atom. The molecule has 0 aliphatic heterocycles. The first-order valence-corrected chi connectivity index (χ1v) is 6.61. The molecule has 0 unspecified atom stereocenters. The molecule has 0 atom stereocenters. The van der Waals surface area contributed by atoms with E-state index in [1.54, 1.807) is 18.2 Å². The minimum atomic E-state index is 0.414. The Labute approximate surface area is 127 Å².